The first-order chi connectivity index (χ1) is 13.4. The Bertz CT molecular complexity index is 1090. The molecule has 28 heavy (non-hydrogen) atoms. The standard InChI is InChI=1S/C20H22BrN2O4P/c1-4-26-28(25,27-5-2)13-14-6-8-15(9-7-14)19-22-18-12-16(21)10-11-17(18)20(24)23(19)3/h6-12H,4-5,13H2,1-3H3. The molecular formula is C20H22BrN2O4P. The second-order valence-electron chi connectivity index (χ2n) is 6.26. The second kappa shape index (κ2) is 8.70. The van der Waals surface area contributed by atoms with E-state index in [9.17, 15) is 9.36 Å². The van der Waals surface area contributed by atoms with E-state index in [0.29, 0.717) is 29.9 Å². The lowest BCUT2D eigenvalue weighted by Gasteiger charge is -2.17. The van der Waals surface area contributed by atoms with Crippen molar-refractivity contribution >= 4 is 34.4 Å². The maximum Gasteiger partial charge on any atom is 0.335 e. The predicted octanol–water partition coefficient (Wildman–Crippen LogP) is 5.13. The minimum atomic E-state index is -3.16. The molecule has 3 aromatic rings. The molecule has 148 valence electrons. The quantitative estimate of drug-likeness (QED) is 0.453. The van der Waals surface area contributed by atoms with Crippen LogP contribution in [-0.2, 0) is 26.8 Å². The predicted molar refractivity (Wildman–Crippen MR) is 115 cm³/mol. The fraction of sp³-hybridized carbons (Fsp3) is 0.300. The van der Waals surface area contributed by atoms with E-state index in [2.05, 4.69) is 20.9 Å². The summed E-state index contributed by atoms with van der Waals surface area (Å²) in [7, 11) is -1.45. The van der Waals surface area contributed by atoms with E-state index in [0.717, 1.165) is 15.6 Å². The van der Waals surface area contributed by atoms with E-state index >= 15 is 0 Å². The van der Waals surface area contributed by atoms with Gasteiger partial charge in [-0.05, 0) is 37.6 Å². The van der Waals surface area contributed by atoms with Gasteiger partial charge in [-0.15, -0.1) is 0 Å². The molecule has 0 spiro atoms. The summed E-state index contributed by atoms with van der Waals surface area (Å²) < 4.78 is 25.8. The molecule has 0 atom stereocenters. The number of benzene rings is 2. The van der Waals surface area contributed by atoms with Crippen LogP contribution in [0.3, 0.4) is 0 Å². The summed E-state index contributed by atoms with van der Waals surface area (Å²) in [5, 5.41) is 0.570. The zero-order valence-corrected chi connectivity index (χ0v) is 18.5. The Morgan fingerprint density at radius 2 is 1.71 bits per heavy atom. The summed E-state index contributed by atoms with van der Waals surface area (Å²) in [5.74, 6) is 0.569. The second-order valence-corrected chi connectivity index (χ2v) is 9.23. The van der Waals surface area contributed by atoms with Gasteiger partial charge in [0.15, 0.2) is 0 Å². The van der Waals surface area contributed by atoms with Crippen LogP contribution in [0.15, 0.2) is 51.7 Å². The molecule has 0 amide bonds. The Kier molecular flexibility index (Phi) is 6.50. The number of halogens is 1. The summed E-state index contributed by atoms with van der Waals surface area (Å²) in [6, 6.07) is 12.9. The van der Waals surface area contributed by atoms with Crippen LogP contribution in [0, 0.1) is 0 Å². The summed E-state index contributed by atoms with van der Waals surface area (Å²) in [5.41, 5.74) is 2.16. The van der Waals surface area contributed by atoms with Gasteiger partial charge in [0.1, 0.15) is 5.82 Å². The van der Waals surface area contributed by atoms with Crippen LogP contribution in [0.2, 0.25) is 0 Å². The third kappa shape index (κ3) is 4.44. The van der Waals surface area contributed by atoms with E-state index in [1.54, 1.807) is 27.0 Å². The van der Waals surface area contributed by atoms with Crippen LogP contribution in [0.1, 0.15) is 19.4 Å². The molecule has 1 aromatic heterocycles. The Balaban J connectivity index is 1.96. The molecule has 0 aliphatic carbocycles. The largest absolute Gasteiger partial charge is 0.335 e. The Labute approximate surface area is 172 Å². The van der Waals surface area contributed by atoms with Crippen molar-refractivity contribution in [3.05, 3.63) is 62.9 Å². The van der Waals surface area contributed by atoms with Crippen LogP contribution in [0.5, 0.6) is 0 Å². The lowest BCUT2D eigenvalue weighted by Crippen LogP contribution is -2.20. The minimum Gasteiger partial charge on any atom is -0.309 e. The van der Waals surface area contributed by atoms with E-state index in [1.165, 1.54) is 4.57 Å². The highest BCUT2D eigenvalue weighted by molar-refractivity contribution is 9.10. The van der Waals surface area contributed by atoms with E-state index in [4.69, 9.17) is 9.05 Å². The minimum absolute atomic E-state index is 0.103. The van der Waals surface area contributed by atoms with Crippen molar-refractivity contribution in [2.24, 2.45) is 7.05 Å². The first-order valence-corrected chi connectivity index (χ1v) is 11.5. The maximum atomic E-state index is 12.7. The summed E-state index contributed by atoms with van der Waals surface area (Å²) >= 11 is 3.42. The molecular weight excluding hydrogens is 443 g/mol. The van der Waals surface area contributed by atoms with Crippen LogP contribution >= 0.6 is 23.5 Å². The van der Waals surface area contributed by atoms with Gasteiger partial charge in [0.05, 0.1) is 30.3 Å². The highest BCUT2D eigenvalue weighted by Crippen LogP contribution is 2.51. The molecule has 0 unspecified atom stereocenters. The first kappa shape index (κ1) is 20.9. The molecule has 0 saturated carbocycles. The Hall–Kier alpha value is -1.79. The number of aromatic nitrogens is 2. The topological polar surface area (TPSA) is 70.4 Å². The van der Waals surface area contributed by atoms with E-state index < -0.39 is 7.60 Å². The zero-order chi connectivity index (χ0) is 20.3. The fourth-order valence-electron chi connectivity index (χ4n) is 3.01. The van der Waals surface area contributed by atoms with Gasteiger partial charge in [-0.25, -0.2) is 4.98 Å². The van der Waals surface area contributed by atoms with Crippen molar-refractivity contribution in [1.82, 2.24) is 9.55 Å². The molecule has 0 aliphatic rings. The third-order valence-corrected chi connectivity index (χ3v) is 6.83. The van der Waals surface area contributed by atoms with Crippen LogP contribution in [0.25, 0.3) is 22.3 Å². The molecule has 2 aromatic carbocycles. The van der Waals surface area contributed by atoms with Crippen molar-refractivity contribution in [1.29, 1.82) is 0 Å². The highest BCUT2D eigenvalue weighted by atomic mass is 79.9. The average molecular weight is 465 g/mol. The molecule has 0 saturated heterocycles. The van der Waals surface area contributed by atoms with Crippen molar-refractivity contribution < 1.29 is 13.6 Å². The fourth-order valence-corrected chi connectivity index (χ4v) is 5.06. The van der Waals surface area contributed by atoms with Gasteiger partial charge in [-0.3, -0.25) is 13.9 Å². The molecule has 6 nitrogen and oxygen atoms in total. The zero-order valence-electron chi connectivity index (χ0n) is 16.0. The number of nitrogens with zero attached hydrogens (tertiary/aromatic N) is 2. The molecule has 0 radical (unpaired) electrons. The summed E-state index contributed by atoms with van der Waals surface area (Å²) in [6.45, 7) is 4.24. The molecule has 8 heteroatoms. The molecule has 0 N–H and O–H groups in total. The molecule has 0 bridgehead atoms. The van der Waals surface area contributed by atoms with E-state index in [1.807, 2.05) is 36.4 Å². The Morgan fingerprint density at radius 3 is 2.32 bits per heavy atom. The van der Waals surface area contributed by atoms with Crippen molar-refractivity contribution in [2.75, 3.05) is 13.2 Å². The van der Waals surface area contributed by atoms with Gasteiger partial charge in [-0.2, -0.15) is 0 Å². The normalized spacial score (nSPS) is 11.9. The molecule has 1 heterocycles. The Morgan fingerprint density at radius 1 is 1.07 bits per heavy atom. The van der Waals surface area contributed by atoms with Gasteiger partial charge < -0.3 is 9.05 Å². The van der Waals surface area contributed by atoms with Crippen molar-refractivity contribution in [3.8, 4) is 11.4 Å². The smallest absolute Gasteiger partial charge is 0.309 e. The SMILES string of the molecule is CCOP(=O)(Cc1ccc(-c2nc3cc(Br)ccc3c(=O)n2C)cc1)OCC. The summed E-state index contributed by atoms with van der Waals surface area (Å²) in [6.07, 6.45) is 0.200. The third-order valence-electron chi connectivity index (χ3n) is 4.28. The number of fused-ring (bicyclic) bond motifs is 1. The summed E-state index contributed by atoms with van der Waals surface area (Å²) in [4.78, 5) is 17.3. The van der Waals surface area contributed by atoms with Gasteiger partial charge >= 0.3 is 7.60 Å². The first-order valence-electron chi connectivity index (χ1n) is 9.00. The number of rotatable bonds is 7. The molecule has 0 aliphatic heterocycles. The van der Waals surface area contributed by atoms with Crippen LogP contribution in [0.4, 0.5) is 0 Å². The number of hydrogen-bond acceptors (Lipinski definition) is 5. The van der Waals surface area contributed by atoms with E-state index in [-0.39, 0.29) is 11.7 Å². The molecule has 0 fully saturated rings. The van der Waals surface area contributed by atoms with Crippen LogP contribution in [-0.4, -0.2) is 22.8 Å². The maximum absolute atomic E-state index is 12.7. The van der Waals surface area contributed by atoms with Crippen LogP contribution < -0.4 is 5.56 Å². The van der Waals surface area contributed by atoms with Gasteiger partial charge in [-0.1, -0.05) is 40.2 Å². The highest BCUT2D eigenvalue weighted by Gasteiger charge is 2.24. The number of hydrogen-bond donors (Lipinski definition) is 0. The van der Waals surface area contributed by atoms with Gasteiger partial charge in [0, 0.05) is 17.1 Å². The van der Waals surface area contributed by atoms with Crippen molar-refractivity contribution in [3.63, 3.8) is 0 Å². The lowest BCUT2D eigenvalue weighted by molar-refractivity contribution is 0.219. The monoisotopic (exact) mass is 464 g/mol. The van der Waals surface area contributed by atoms with Gasteiger partial charge in [0.25, 0.3) is 5.56 Å². The van der Waals surface area contributed by atoms with Gasteiger partial charge in [0.2, 0.25) is 0 Å². The van der Waals surface area contributed by atoms with Crippen molar-refractivity contribution in [2.45, 2.75) is 20.0 Å². The lowest BCUT2D eigenvalue weighted by atomic mass is 10.1. The average Bonchev–Trinajstić information content (AvgIpc) is 2.65. The molecule has 3 rings (SSSR count).